The smallest absolute Gasteiger partial charge is 0.166 e. The van der Waals surface area contributed by atoms with Crippen molar-refractivity contribution in [1.29, 1.82) is 5.26 Å². The van der Waals surface area contributed by atoms with Crippen LogP contribution in [-0.2, 0) is 13.6 Å². The van der Waals surface area contributed by atoms with Gasteiger partial charge in [0.1, 0.15) is 18.0 Å². The number of hydrogen-bond donors (Lipinski definition) is 1. The van der Waals surface area contributed by atoms with E-state index in [4.69, 9.17) is 15.7 Å². The van der Waals surface area contributed by atoms with E-state index >= 15 is 0 Å². The lowest BCUT2D eigenvalue weighted by atomic mass is 9.97. The first-order valence-corrected chi connectivity index (χ1v) is 9.56. The minimum Gasteiger partial charge on any atom is -0.482 e. The Kier molecular flexibility index (Phi) is 5.37. The van der Waals surface area contributed by atoms with Gasteiger partial charge >= 0.3 is 0 Å². The van der Waals surface area contributed by atoms with Gasteiger partial charge in [-0.2, -0.15) is 10.4 Å². The highest BCUT2D eigenvalue weighted by Crippen LogP contribution is 2.34. The number of pyridine rings is 1. The molecule has 3 aromatic heterocycles. The van der Waals surface area contributed by atoms with Gasteiger partial charge in [-0.15, -0.1) is 0 Å². The number of nitrogen functional groups attached to an aromatic ring is 1. The van der Waals surface area contributed by atoms with E-state index in [1.807, 2.05) is 20.0 Å². The Bertz CT molecular complexity index is 1270. The zero-order chi connectivity index (χ0) is 22.0. The second kappa shape index (κ2) is 8.28. The first-order valence-electron chi connectivity index (χ1n) is 9.56. The standard InChI is InChI=1S/C22H20FN7O/c1-14(31-20-4-3-7-26-22(20)25)19-8-16(23)5-6-18(19)21-15(10-28-29(21)2)11-30-12-17(9-24)27-13-30/h3-8,10,12-14H,11H2,1-2H3,(H2,25,26). The van der Waals surface area contributed by atoms with Crippen LogP contribution in [0.25, 0.3) is 11.3 Å². The van der Waals surface area contributed by atoms with Gasteiger partial charge in [-0.25, -0.2) is 14.4 Å². The van der Waals surface area contributed by atoms with Crippen molar-refractivity contribution in [2.75, 3.05) is 5.73 Å². The quantitative estimate of drug-likeness (QED) is 0.515. The first kappa shape index (κ1) is 20.1. The molecule has 0 fully saturated rings. The molecular weight excluding hydrogens is 397 g/mol. The molecule has 31 heavy (non-hydrogen) atoms. The lowest BCUT2D eigenvalue weighted by molar-refractivity contribution is 0.227. The van der Waals surface area contributed by atoms with E-state index in [2.05, 4.69) is 15.1 Å². The molecule has 156 valence electrons. The summed E-state index contributed by atoms with van der Waals surface area (Å²) in [6.45, 7) is 2.29. The summed E-state index contributed by atoms with van der Waals surface area (Å²) in [5, 5.41) is 13.4. The average molecular weight is 417 g/mol. The molecule has 8 nitrogen and oxygen atoms in total. The van der Waals surface area contributed by atoms with Crippen LogP contribution in [0.2, 0.25) is 0 Å². The van der Waals surface area contributed by atoms with Crippen LogP contribution in [0.4, 0.5) is 10.2 Å². The fraction of sp³-hybridized carbons (Fsp3) is 0.182. The van der Waals surface area contributed by atoms with Crippen molar-refractivity contribution in [2.24, 2.45) is 7.05 Å². The topological polar surface area (TPSA) is 108 Å². The summed E-state index contributed by atoms with van der Waals surface area (Å²) in [4.78, 5) is 8.07. The second-order valence-electron chi connectivity index (χ2n) is 7.06. The van der Waals surface area contributed by atoms with Crippen LogP contribution >= 0.6 is 0 Å². The van der Waals surface area contributed by atoms with Gasteiger partial charge < -0.3 is 15.0 Å². The van der Waals surface area contributed by atoms with E-state index < -0.39 is 6.10 Å². The van der Waals surface area contributed by atoms with Crippen molar-refractivity contribution < 1.29 is 9.13 Å². The number of benzene rings is 1. The number of aryl methyl sites for hydroxylation is 1. The summed E-state index contributed by atoms with van der Waals surface area (Å²) in [6, 6.07) is 10.0. The maximum Gasteiger partial charge on any atom is 0.166 e. The van der Waals surface area contributed by atoms with Gasteiger partial charge in [-0.05, 0) is 37.3 Å². The van der Waals surface area contributed by atoms with Gasteiger partial charge in [0.2, 0.25) is 0 Å². The largest absolute Gasteiger partial charge is 0.482 e. The molecule has 1 aromatic carbocycles. The van der Waals surface area contributed by atoms with E-state index in [0.717, 1.165) is 16.8 Å². The van der Waals surface area contributed by atoms with Gasteiger partial charge in [0.05, 0.1) is 24.8 Å². The molecule has 1 unspecified atom stereocenters. The molecule has 0 saturated carbocycles. The van der Waals surface area contributed by atoms with Crippen molar-refractivity contribution in [3.8, 4) is 23.1 Å². The normalized spacial score (nSPS) is 11.8. The van der Waals surface area contributed by atoms with E-state index in [0.29, 0.717) is 23.6 Å². The third-order valence-corrected chi connectivity index (χ3v) is 4.93. The molecule has 9 heteroatoms. The Morgan fingerprint density at radius 3 is 2.87 bits per heavy atom. The monoisotopic (exact) mass is 417 g/mol. The lowest BCUT2D eigenvalue weighted by Crippen LogP contribution is -2.09. The number of ether oxygens (including phenoxy) is 1. The molecule has 1 atom stereocenters. The van der Waals surface area contributed by atoms with Crippen LogP contribution in [0, 0.1) is 17.1 Å². The van der Waals surface area contributed by atoms with Crippen molar-refractivity contribution in [3.05, 3.63) is 77.9 Å². The summed E-state index contributed by atoms with van der Waals surface area (Å²) >= 11 is 0. The molecule has 0 aliphatic carbocycles. The first-order chi connectivity index (χ1) is 15.0. The molecule has 4 aromatic rings. The SMILES string of the molecule is CC(Oc1cccnc1N)c1cc(F)ccc1-c1c(Cn2cnc(C#N)c2)cnn1C. The summed E-state index contributed by atoms with van der Waals surface area (Å²) < 4.78 is 23.7. The number of rotatable bonds is 6. The highest BCUT2D eigenvalue weighted by molar-refractivity contribution is 5.68. The molecule has 0 radical (unpaired) electrons. The van der Waals surface area contributed by atoms with E-state index in [1.165, 1.54) is 12.1 Å². The van der Waals surface area contributed by atoms with Gasteiger partial charge in [0, 0.05) is 36.1 Å². The molecule has 0 bridgehead atoms. The molecule has 4 rings (SSSR count). The molecule has 0 aliphatic heterocycles. The van der Waals surface area contributed by atoms with Crippen LogP contribution in [0.5, 0.6) is 5.75 Å². The predicted molar refractivity (Wildman–Crippen MR) is 112 cm³/mol. The fourth-order valence-corrected chi connectivity index (χ4v) is 3.49. The molecule has 3 heterocycles. The highest BCUT2D eigenvalue weighted by atomic mass is 19.1. The number of nitrogens with zero attached hydrogens (tertiary/aromatic N) is 6. The maximum atomic E-state index is 14.2. The summed E-state index contributed by atoms with van der Waals surface area (Å²) in [5.41, 5.74) is 9.38. The van der Waals surface area contributed by atoms with Crippen LogP contribution < -0.4 is 10.5 Å². The van der Waals surface area contributed by atoms with Crippen LogP contribution in [0.15, 0.2) is 55.2 Å². The average Bonchev–Trinajstić information content (AvgIpc) is 3.36. The Morgan fingerprint density at radius 1 is 1.29 bits per heavy atom. The number of nitriles is 1. The van der Waals surface area contributed by atoms with Crippen molar-refractivity contribution in [3.63, 3.8) is 0 Å². The van der Waals surface area contributed by atoms with E-state index in [9.17, 15) is 4.39 Å². The van der Waals surface area contributed by atoms with Gasteiger partial charge in [-0.1, -0.05) is 0 Å². The fourth-order valence-electron chi connectivity index (χ4n) is 3.49. The zero-order valence-corrected chi connectivity index (χ0v) is 17.0. The summed E-state index contributed by atoms with van der Waals surface area (Å²) in [6.07, 6.45) is 6.09. The van der Waals surface area contributed by atoms with Crippen LogP contribution in [-0.4, -0.2) is 24.3 Å². The molecule has 0 amide bonds. The van der Waals surface area contributed by atoms with Crippen molar-refractivity contribution in [1.82, 2.24) is 24.3 Å². The Balaban J connectivity index is 1.73. The number of aromatic nitrogens is 5. The van der Waals surface area contributed by atoms with Gasteiger partial charge in [-0.3, -0.25) is 4.68 Å². The minimum atomic E-state index is -0.501. The minimum absolute atomic E-state index is 0.266. The van der Waals surface area contributed by atoms with Gasteiger partial charge in [0.25, 0.3) is 0 Å². The molecule has 2 N–H and O–H groups in total. The van der Waals surface area contributed by atoms with Crippen LogP contribution in [0.1, 0.15) is 29.8 Å². The predicted octanol–water partition coefficient (Wildman–Crippen LogP) is 3.46. The number of hydrogen-bond acceptors (Lipinski definition) is 6. The van der Waals surface area contributed by atoms with Crippen molar-refractivity contribution >= 4 is 5.82 Å². The van der Waals surface area contributed by atoms with Gasteiger partial charge in [0.15, 0.2) is 17.3 Å². The second-order valence-corrected chi connectivity index (χ2v) is 7.06. The maximum absolute atomic E-state index is 14.2. The van der Waals surface area contributed by atoms with E-state index in [-0.39, 0.29) is 11.6 Å². The zero-order valence-electron chi connectivity index (χ0n) is 17.0. The molecule has 0 saturated heterocycles. The molecular formula is C22H20FN7O. The van der Waals surface area contributed by atoms with Crippen LogP contribution in [0.3, 0.4) is 0 Å². The number of halogens is 1. The number of imidazole rings is 1. The Morgan fingerprint density at radius 2 is 2.13 bits per heavy atom. The summed E-state index contributed by atoms with van der Waals surface area (Å²) in [5.74, 6) is 0.324. The lowest BCUT2D eigenvalue weighted by Gasteiger charge is -2.20. The highest BCUT2D eigenvalue weighted by Gasteiger charge is 2.21. The third-order valence-electron chi connectivity index (χ3n) is 4.93. The third kappa shape index (κ3) is 4.09. The summed E-state index contributed by atoms with van der Waals surface area (Å²) in [7, 11) is 1.82. The molecule has 0 aliphatic rings. The molecule has 0 spiro atoms. The van der Waals surface area contributed by atoms with Crippen molar-refractivity contribution in [2.45, 2.75) is 19.6 Å². The Hall–Kier alpha value is -4.19. The number of nitrogens with two attached hydrogens (primary N) is 1. The Labute approximate surface area is 178 Å². The number of anilines is 1. The van der Waals surface area contributed by atoms with E-state index in [1.54, 1.807) is 52.4 Å².